The van der Waals surface area contributed by atoms with Crippen molar-refractivity contribution in [3.8, 4) is 11.3 Å². The molecule has 2 aromatic rings. The number of nitrogens with zero attached hydrogens (tertiary/aromatic N) is 1. The Bertz CT molecular complexity index is 487. The van der Waals surface area contributed by atoms with Crippen molar-refractivity contribution in [1.82, 2.24) is 10.3 Å². The Morgan fingerprint density at radius 1 is 1.06 bits per heavy atom. The van der Waals surface area contributed by atoms with Gasteiger partial charge in [0.25, 0.3) is 0 Å². The van der Waals surface area contributed by atoms with E-state index in [0.717, 1.165) is 12.2 Å². The zero-order chi connectivity index (χ0) is 11.5. The smallest absolute Gasteiger partial charge is 0.0705 e. The van der Waals surface area contributed by atoms with Gasteiger partial charge in [-0.3, -0.25) is 4.98 Å². The molecule has 1 aromatic heterocycles. The lowest BCUT2D eigenvalue weighted by Gasteiger charge is -2.15. The third kappa shape index (κ3) is 2.08. The standard InChI is InChI=1S/C15H16N2/c1-2-7-13(15-9-5-11-17-15)12(6-1)14-8-3-4-10-16-14/h1-4,6-8,10,15,17H,5,9,11H2/t15-/m0/s1. The van der Waals surface area contributed by atoms with E-state index < -0.39 is 0 Å². The highest BCUT2D eigenvalue weighted by molar-refractivity contribution is 5.64. The molecule has 0 spiro atoms. The molecule has 1 aliphatic heterocycles. The van der Waals surface area contributed by atoms with Crippen molar-refractivity contribution < 1.29 is 0 Å². The van der Waals surface area contributed by atoms with Gasteiger partial charge in [0.1, 0.15) is 0 Å². The topological polar surface area (TPSA) is 24.9 Å². The van der Waals surface area contributed by atoms with Crippen molar-refractivity contribution in [2.24, 2.45) is 0 Å². The normalized spacial score (nSPS) is 19.4. The molecule has 0 radical (unpaired) electrons. The summed E-state index contributed by atoms with van der Waals surface area (Å²) in [6, 6.07) is 15.2. The van der Waals surface area contributed by atoms with Crippen molar-refractivity contribution in [2.75, 3.05) is 6.54 Å². The van der Waals surface area contributed by atoms with E-state index in [0.29, 0.717) is 6.04 Å². The maximum atomic E-state index is 4.45. The fraction of sp³-hybridized carbons (Fsp3) is 0.267. The molecule has 0 saturated carbocycles. The Morgan fingerprint density at radius 2 is 1.94 bits per heavy atom. The highest BCUT2D eigenvalue weighted by atomic mass is 14.9. The minimum atomic E-state index is 0.494. The van der Waals surface area contributed by atoms with E-state index in [-0.39, 0.29) is 0 Å². The number of benzene rings is 1. The van der Waals surface area contributed by atoms with E-state index in [1.54, 1.807) is 0 Å². The molecule has 0 bridgehead atoms. The minimum Gasteiger partial charge on any atom is -0.310 e. The van der Waals surface area contributed by atoms with Crippen LogP contribution in [0.25, 0.3) is 11.3 Å². The number of aromatic nitrogens is 1. The van der Waals surface area contributed by atoms with Gasteiger partial charge in [-0.2, -0.15) is 0 Å². The zero-order valence-corrected chi connectivity index (χ0v) is 9.76. The quantitative estimate of drug-likeness (QED) is 0.847. The fourth-order valence-electron chi connectivity index (χ4n) is 2.51. The second kappa shape index (κ2) is 4.68. The van der Waals surface area contributed by atoms with Gasteiger partial charge >= 0.3 is 0 Å². The number of nitrogens with one attached hydrogen (secondary N) is 1. The van der Waals surface area contributed by atoms with Crippen LogP contribution in [-0.4, -0.2) is 11.5 Å². The van der Waals surface area contributed by atoms with Gasteiger partial charge in [-0.15, -0.1) is 0 Å². The number of pyridine rings is 1. The van der Waals surface area contributed by atoms with Crippen LogP contribution in [0.2, 0.25) is 0 Å². The molecule has 1 aromatic carbocycles. The van der Waals surface area contributed by atoms with E-state index in [4.69, 9.17) is 0 Å². The predicted octanol–water partition coefficient (Wildman–Crippen LogP) is 3.17. The summed E-state index contributed by atoms with van der Waals surface area (Å²) in [6.07, 6.45) is 4.35. The van der Waals surface area contributed by atoms with Crippen LogP contribution in [0.4, 0.5) is 0 Å². The van der Waals surface area contributed by atoms with Crippen LogP contribution in [-0.2, 0) is 0 Å². The SMILES string of the molecule is c1ccc(-c2ccccc2[C@@H]2CCCN2)nc1. The Morgan fingerprint density at radius 3 is 2.71 bits per heavy atom. The summed E-state index contributed by atoms with van der Waals surface area (Å²) >= 11 is 0. The first-order chi connectivity index (χ1) is 8.45. The third-order valence-corrected chi connectivity index (χ3v) is 3.34. The lowest BCUT2D eigenvalue weighted by atomic mass is 9.97. The first-order valence-electron chi connectivity index (χ1n) is 6.19. The van der Waals surface area contributed by atoms with Crippen molar-refractivity contribution in [3.05, 3.63) is 54.2 Å². The summed E-state index contributed by atoms with van der Waals surface area (Å²) in [5.41, 5.74) is 3.70. The molecule has 2 heterocycles. The summed E-state index contributed by atoms with van der Waals surface area (Å²) in [7, 11) is 0. The van der Waals surface area contributed by atoms with Crippen molar-refractivity contribution in [1.29, 1.82) is 0 Å². The highest BCUT2D eigenvalue weighted by Gasteiger charge is 2.19. The molecule has 1 N–H and O–H groups in total. The fourth-order valence-corrected chi connectivity index (χ4v) is 2.51. The van der Waals surface area contributed by atoms with Crippen LogP contribution >= 0.6 is 0 Å². The molecule has 1 fully saturated rings. The number of hydrogen-bond donors (Lipinski definition) is 1. The van der Waals surface area contributed by atoms with Crippen LogP contribution < -0.4 is 5.32 Å². The van der Waals surface area contributed by atoms with Gasteiger partial charge in [0, 0.05) is 17.8 Å². The van der Waals surface area contributed by atoms with Gasteiger partial charge < -0.3 is 5.32 Å². The van der Waals surface area contributed by atoms with E-state index in [1.165, 1.54) is 24.0 Å². The van der Waals surface area contributed by atoms with Crippen molar-refractivity contribution in [3.63, 3.8) is 0 Å². The molecule has 1 atom stereocenters. The number of rotatable bonds is 2. The van der Waals surface area contributed by atoms with Gasteiger partial charge in [0.2, 0.25) is 0 Å². The molecule has 1 aliphatic rings. The lowest BCUT2D eigenvalue weighted by molar-refractivity contribution is 0.649. The van der Waals surface area contributed by atoms with Crippen LogP contribution in [0, 0.1) is 0 Å². The Balaban J connectivity index is 2.04. The molecular formula is C15H16N2. The van der Waals surface area contributed by atoms with Crippen LogP contribution in [0.1, 0.15) is 24.4 Å². The maximum absolute atomic E-state index is 4.45. The molecule has 2 nitrogen and oxygen atoms in total. The van der Waals surface area contributed by atoms with Crippen molar-refractivity contribution >= 4 is 0 Å². The summed E-state index contributed by atoms with van der Waals surface area (Å²) in [5.74, 6) is 0. The summed E-state index contributed by atoms with van der Waals surface area (Å²) in [6.45, 7) is 1.13. The lowest BCUT2D eigenvalue weighted by Crippen LogP contribution is -2.13. The van der Waals surface area contributed by atoms with Gasteiger partial charge in [-0.25, -0.2) is 0 Å². The first-order valence-corrected chi connectivity index (χ1v) is 6.19. The average Bonchev–Trinajstić information content (AvgIpc) is 2.94. The average molecular weight is 224 g/mol. The van der Waals surface area contributed by atoms with Gasteiger partial charge in [0.05, 0.1) is 5.69 Å². The van der Waals surface area contributed by atoms with E-state index in [9.17, 15) is 0 Å². The molecule has 1 saturated heterocycles. The highest BCUT2D eigenvalue weighted by Crippen LogP contribution is 2.31. The van der Waals surface area contributed by atoms with Crippen LogP contribution in [0.3, 0.4) is 0 Å². The first kappa shape index (κ1) is 10.5. The predicted molar refractivity (Wildman–Crippen MR) is 69.7 cm³/mol. The van der Waals surface area contributed by atoms with Gasteiger partial charge in [0.15, 0.2) is 0 Å². The Hall–Kier alpha value is -1.67. The second-order valence-corrected chi connectivity index (χ2v) is 4.45. The second-order valence-electron chi connectivity index (χ2n) is 4.45. The van der Waals surface area contributed by atoms with E-state index in [1.807, 2.05) is 18.3 Å². The van der Waals surface area contributed by atoms with Gasteiger partial charge in [-0.1, -0.05) is 30.3 Å². The summed E-state index contributed by atoms with van der Waals surface area (Å²) < 4.78 is 0. The molecule has 17 heavy (non-hydrogen) atoms. The monoisotopic (exact) mass is 224 g/mol. The Kier molecular flexibility index (Phi) is 2.88. The van der Waals surface area contributed by atoms with Crippen LogP contribution in [0.15, 0.2) is 48.7 Å². The Labute approximate surface area is 102 Å². The van der Waals surface area contributed by atoms with Gasteiger partial charge in [-0.05, 0) is 37.1 Å². The largest absolute Gasteiger partial charge is 0.310 e. The third-order valence-electron chi connectivity index (χ3n) is 3.34. The zero-order valence-electron chi connectivity index (χ0n) is 9.76. The molecule has 0 amide bonds. The van der Waals surface area contributed by atoms with Crippen molar-refractivity contribution in [2.45, 2.75) is 18.9 Å². The van der Waals surface area contributed by atoms with Crippen LogP contribution in [0.5, 0.6) is 0 Å². The summed E-state index contributed by atoms with van der Waals surface area (Å²) in [5, 5.41) is 3.56. The molecule has 0 unspecified atom stereocenters. The van der Waals surface area contributed by atoms with E-state index in [2.05, 4.69) is 40.6 Å². The molecule has 2 heteroatoms. The molecule has 86 valence electrons. The molecule has 3 rings (SSSR count). The van der Waals surface area contributed by atoms with E-state index >= 15 is 0 Å². The summed E-state index contributed by atoms with van der Waals surface area (Å²) in [4.78, 5) is 4.45. The molecule has 0 aliphatic carbocycles. The number of hydrogen-bond acceptors (Lipinski definition) is 2. The maximum Gasteiger partial charge on any atom is 0.0705 e. The molecular weight excluding hydrogens is 208 g/mol. The minimum absolute atomic E-state index is 0.494.